The van der Waals surface area contributed by atoms with Crippen LogP contribution in [0, 0.1) is 34.5 Å². The molecule has 0 aromatic rings. The van der Waals surface area contributed by atoms with Crippen LogP contribution >= 0.6 is 0 Å². The summed E-state index contributed by atoms with van der Waals surface area (Å²) in [5.41, 5.74) is 1.24. The molecule has 8 heteroatoms. The Morgan fingerprint density at radius 3 is 1.36 bits per heavy atom. The molecule has 1 aliphatic heterocycles. The zero-order valence-electron chi connectivity index (χ0n) is 26.8. The number of nitriles is 2. The number of unbranched alkanes of at least 4 members (excludes halogenated alkanes) is 2. The van der Waals surface area contributed by atoms with E-state index in [1.165, 1.54) is 0 Å². The molecule has 1 rings (SSSR count). The van der Waals surface area contributed by atoms with E-state index in [-0.39, 0.29) is 11.1 Å². The van der Waals surface area contributed by atoms with E-state index in [0.29, 0.717) is 36.2 Å². The normalized spacial score (nSPS) is 16.4. The van der Waals surface area contributed by atoms with Crippen molar-refractivity contribution in [3.63, 3.8) is 0 Å². The molecule has 0 radical (unpaired) electrons. The number of allylic oxidation sites excluding steroid dienone is 4. The van der Waals surface area contributed by atoms with Crippen LogP contribution in [-0.4, -0.2) is 61.1 Å². The van der Waals surface area contributed by atoms with Crippen molar-refractivity contribution in [3.8, 4) is 12.1 Å². The number of esters is 2. The first kappa shape index (κ1) is 36.5. The van der Waals surface area contributed by atoms with Crippen LogP contribution in [0.1, 0.15) is 92.9 Å². The second-order valence-electron chi connectivity index (χ2n) is 11.1. The summed E-state index contributed by atoms with van der Waals surface area (Å²) in [6, 6.07) is 4.02. The molecule has 232 valence electrons. The summed E-state index contributed by atoms with van der Waals surface area (Å²) in [5.74, 6) is -0.474. The van der Waals surface area contributed by atoms with Gasteiger partial charge in [0.05, 0.1) is 13.2 Å². The van der Waals surface area contributed by atoms with Gasteiger partial charge in [-0.25, -0.2) is 9.59 Å². The molecule has 0 saturated carbocycles. The minimum atomic E-state index is -0.560. The van der Waals surface area contributed by atoms with Gasteiger partial charge in [-0.3, -0.25) is 0 Å². The first-order chi connectivity index (χ1) is 20.2. The SMILES string of the molecule is CCCCC(CC)COC(=O)/C(C#N)=C(C)\C=C\N1CCN(/C=C/C(C)=C(\C#N)C(=O)OCC(CC)CCCC)CC1. The molecule has 0 aromatic heterocycles. The van der Waals surface area contributed by atoms with Gasteiger partial charge < -0.3 is 19.3 Å². The molecule has 42 heavy (non-hydrogen) atoms. The highest BCUT2D eigenvalue weighted by molar-refractivity contribution is 5.94. The fourth-order valence-corrected chi connectivity index (χ4v) is 4.55. The Bertz CT molecular complexity index is 968. The third-order valence-electron chi connectivity index (χ3n) is 7.83. The lowest BCUT2D eigenvalue weighted by atomic mass is 10.0. The number of hydrogen-bond acceptors (Lipinski definition) is 8. The van der Waals surface area contributed by atoms with Crippen LogP contribution in [0.5, 0.6) is 0 Å². The molecule has 1 heterocycles. The van der Waals surface area contributed by atoms with E-state index in [1.54, 1.807) is 26.0 Å². The summed E-state index contributed by atoms with van der Waals surface area (Å²) < 4.78 is 10.9. The van der Waals surface area contributed by atoms with Crippen molar-refractivity contribution in [2.45, 2.75) is 92.9 Å². The van der Waals surface area contributed by atoms with Crippen LogP contribution in [0.2, 0.25) is 0 Å². The van der Waals surface area contributed by atoms with Crippen molar-refractivity contribution in [2.75, 3.05) is 39.4 Å². The molecule has 1 saturated heterocycles. The predicted octanol–water partition coefficient (Wildman–Crippen LogP) is 6.83. The van der Waals surface area contributed by atoms with Crippen molar-refractivity contribution in [1.82, 2.24) is 9.80 Å². The van der Waals surface area contributed by atoms with Crippen molar-refractivity contribution in [1.29, 1.82) is 10.5 Å². The average Bonchev–Trinajstić information content (AvgIpc) is 3.00. The van der Waals surface area contributed by atoms with Gasteiger partial charge in [0.2, 0.25) is 0 Å². The van der Waals surface area contributed by atoms with E-state index in [9.17, 15) is 20.1 Å². The lowest BCUT2D eigenvalue weighted by Crippen LogP contribution is -2.41. The molecule has 0 aromatic carbocycles. The average molecular weight is 581 g/mol. The van der Waals surface area contributed by atoms with Gasteiger partial charge in [-0.2, -0.15) is 10.5 Å². The summed E-state index contributed by atoms with van der Waals surface area (Å²) in [6.07, 6.45) is 15.8. The zero-order valence-corrected chi connectivity index (χ0v) is 26.8. The molecule has 1 fully saturated rings. The quantitative estimate of drug-likeness (QED) is 0.0751. The largest absolute Gasteiger partial charge is 0.461 e. The Kier molecular flexibility index (Phi) is 18.4. The maximum absolute atomic E-state index is 12.5. The molecule has 8 nitrogen and oxygen atoms in total. The summed E-state index contributed by atoms with van der Waals surface area (Å²) in [6.45, 7) is 15.7. The van der Waals surface area contributed by atoms with Crippen molar-refractivity contribution in [3.05, 3.63) is 46.8 Å². The van der Waals surface area contributed by atoms with Gasteiger partial charge in [0.15, 0.2) is 0 Å². The van der Waals surface area contributed by atoms with Crippen LogP contribution < -0.4 is 0 Å². The van der Waals surface area contributed by atoms with Gasteiger partial charge in [0, 0.05) is 26.2 Å². The number of hydrogen-bond donors (Lipinski definition) is 0. The molecule has 0 bridgehead atoms. The third kappa shape index (κ3) is 13.4. The Hall–Kier alpha value is -3.52. The van der Waals surface area contributed by atoms with Crippen molar-refractivity contribution < 1.29 is 19.1 Å². The Balaban J connectivity index is 2.67. The Morgan fingerprint density at radius 2 is 1.07 bits per heavy atom. The summed E-state index contributed by atoms with van der Waals surface area (Å²) in [4.78, 5) is 29.4. The summed E-state index contributed by atoms with van der Waals surface area (Å²) >= 11 is 0. The minimum Gasteiger partial charge on any atom is -0.461 e. The number of carbonyl (C=O) groups excluding carboxylic acids is 2. The second-order valence-corrected chi connectivity index (χ2v) is 11.1. The van der Waals surface area contributed by atoms with Crippen LogP contribution in [-0.2, 0) is 19.1 Å². The zero-order chi connectivity index (χ0) is 31.3. The van der Waals surface area contributed by atoms with E-state index < -0.39 is 11.9 Å². The van der Waals surface area contributed by atoms with Gasteiger partial charge in [-0.1, -0.05) is 66.2 Å². The van der Waals surface area contributed by atoms with Crippen molar-refractivity contribution >= 4 is 11.9 Å². The number of piperazine rings is 1. The van der Waals surface area contributed by atoms with Gasteiger partial charge in [-0.05, 0) is 74.2 Å². The van der Waals surface area contributed by atoms with E-state index in [1.807, 2.05) is 24.5 Å². The predicted molar refractivity (Wildman–Crippen MR) is 167 cm³/mol. The maximum Gasteiger partial charge on any atom is 0.349 e. The molecule has 0 amide bonds. The highest BCUT2D eigenvalue weighted by atomic mass is 16.5. The van der Waals surface area contributed by atoms with Gasteiger partial charge in [-0.15, -0.1) is 0 Å². The van der Waals surface area contributed by atoms with Crippen molar-refractivity contribution in [2.24, 2.45) is 11.8 Å². The topological polar surface area (TPSA) is 107 Å². The van der Waals surface area contributed by atoms with E-state index in [2.05, 4.69) is 37.5 Å². The first-order valence-corrected chi connectivity index (χ1v) is 15.6. The van der Waals surface area contributed by atoms with Crippen LogP contribution in [0.15, 0.2) is 46.8 Å². The molecule has 2 atom stereocenters. The molecule has 1 aliphatic rings. The van der Waals surface area contributed by atoms with Crippen LogP contribution in [0.25, 0.3) is 0 Å². The minimum absolute atomic E-state index is 0.0402. The molecule has 0 N–H and O–H groups in total. The Labute approximate surface area is 254 Å². The molecule has 0 aliphatic carbocycles. The van der Waals surface area contributed by atoms with E-state index >= 15 is 0 Å². The van der Waals surface area contributed by atoms with Gasteiger partial charge in [0.25, 0.3) is 0 Å². The second kappa shape index (κ2) is 21.2. The molecule has 2 unspecified atom stereocenters. The first-order valence-electron chi connectivity index (χ1n) is 15.6. The maximum atomic E-state index is 12.5. The summed E-state index contributed by atoms with van der Waals surface area (Å²) in [5, 5.41) is 19.1. The fraction of sp³-hybridized carbons (Fsp3) is 0.647. The molecular formula is C34H52N4O4. The lowest BCUT2D eigenvalue weighted by molar-refractivity contribution is -0.141. The third-order valence-corrected chi connectivity index (χ3v) is 7.83. The lowest BCUT2D eigenvalue weighted by Gasteiger charge is -2.33. The van der Waals surface area contributed by atoms with E-state index in [4.69, 9.17) is 9.47 Å². The number of carbonyl (C=O) groups is 2. The standard InChI is InChI=1S/C34H52N4O4/c1-7-11-13-29(9-3)25-41-33(39)31(23-35)27(5)15-17-37-19-21-38(22-20-37)18-16-28(6)32(24-36)34(40)42-26-30(10-4)14-12-8-2/h15-18,29-30H,7-14,19-22,25-26H2,1-6H3/b17-15+,18-16+,31-27-,32-28+. The van der Waals surface area contributed by atoms with Gasteiger partial charge in [0.1, 0.15) is 23.3 Å². The van der Waals surface area contributed by atoms with Crippen LogP contribution in [0.3, 0.4) is 0 Å². The van der Waals surface area contributed by atoms with Gasteiger partial charge >= 0.3 is 11.9 Å². The number of rotatable bonds is 18. The van der Waals surface area contributed by atoms with Crippen LogP contribution in [0.4, 0.5) is 0 Å². The smallest absolute Gasteiger partial charge is 0.349 e. The Morgan fingerprint density at radius 1 is 0.714 bits per heavy atom. The summed E-state index contributed by atoms with van der Waals surface area (Å²) in [7, 11) is 0. The van der Waals surface area contributed by atoms with E-state index in [0.717, 1.165) is 77.5 Å². The highest BCUT2D eigenvalue weighted by Gasteiger charge is 2.18. The molecular weight excluding hydrogens is 528 g/mol. The molecule has 0 spiro atoms. The number of ether oxygens (including phenoxy) is 2. The fourth-order valence-electron chi connectivity index (χ4n) is 4.55. The monoisotopic (exact) mass is 580 g/mol. The highest BCUT2D eigenvalue weighted by Crippen LogP contribution is 2.17. The number of nitrogens with zero attached hydrogens (tertiary/aromatic N) is 4.